The minimum Gasteiger partial charge on any atom is -0.497 e. The van der Waals surface area contributed by atoms with Gasteiger partial charge in [0.05, 0.1) is 13.5 Å². The van der Waals surface area contributed by atoms with Crippen LogP contribution >= 0.6 is 11.8 Å². The van der Waals surface area contributed by atoms with Gasteiger partial charge in [0.1, 0.15) is 5.75 Å². The lowest BCUT2D eigenvalue weighted by atomic mass is 10.0. The van der Waals surface area contributed by atoms with Crippen molar-refractivity contribution in [2.75, 3.05) is 13.4 Å². The molecule has 0 aliphatic heterocycles. The number of allylic oxidation sites excluding steroid dienone is 2. The normalized spacial score (nSPS) is 14.8. The van der Waals surface area contributed by atoms with Gasteiger partial charge in [0.25, 0.3) is 0 Å². The van der Waals surface area contributed by atoms with Crippen LogP contribution in [0.15, 0.2) is 52.9 Å². The third-order valence-electron chi connectivity index (χ3n) is 4.45. The summed E-state index contributed by atoms with van der Waals surface area (Å²) in [5.41, 5.74) is 6.05. The Hall–Kier alpha value is -2.46. The highest BCUT2D eigenvalue weighted by atomic mass is 32.2. The van der Waals surface area contributed by atoms with Crippen molar-refractivity contribution in [3.05, 3.63) is 64.7 Å². The molecule has 0 atom stereocenters. The number of carbonyl (C=O) groups is 1. The molecule has 1 aliphatic carbocycles. The molecule has 2 aromatic rings. The molecule has 3 nitrogen and oxygen atoms in total. The lowest BCUT2D eigenvalue weighted by Crippen LogP contribution is -1.97. The number of aliphatic carboxylic acids is 1. The topological polar surface area (TPSA) is 46.5 Å². The summed E-state index contributed by atoms with van der Waals surface area (Å²) in [5, 5.41) is 9.29. The molecule has 0 radical (unpaired) electrons. The number of hydrogen-bond acceptors (Lipinski definition) is 3. The Morgan fingerprint density at radius 1 is 1.16 bits per heavy atom. The Balaban J connectivity index is 2.11. The minimum atomic E-state index is -0.825. The van der Waals surface area contributed by atoms with Gasteiger partial charge in [0, 0.05) is 4.90 Å². The van der Waals surface area contributed by atoms with E-state index in [0.29, 0.717) is 0 Å². The Kier molecular flexibility index (Phi) is 5.00. The molecule has 25 heavy (non-hydrogen) atoms. The summed E-state index contributed by atoms with van der Waals surface area (Å²) in [7, 11) is 1.62. The van der Waals surface area contributed by atoms with Crippen LogP contribution in [0.4, 0.5) is 0 Å². The highest BCUT2D eigenvalue weighted by Crippen LogP contribution is 2.44. The van der Waals surface area contributed by atoms with Crippen molar-refractivity contribution < 1.29 is 14.6 Å². The van der Waals surface area contributed by atoms with Crippen LogP contribution in [0.3, 0.4) is 0 Å². The molecule has 0 heterocycles. The van der Waals surface area contributed by atoms with E-state index in [2.05, 4.69) is 36.6 Å². The quantitative estimate of drug-likeness (QED) is 0.750. The number of carboxylic acids is 1. The predicted octanol–water partition coefficient (Wildman–Crippen LogP) is 5.22. The molecule has 4 heteroatoms. The molecule has 0 unspecified atom stereocenters. The number of thioether (sulfide) groups is 1. The SMILES string of the molecule is COc1ccc2c(c1)C(CC(=O)O)=C(C)C2=Cc1ccc(SC)cc1. The molecule has 0 saturated carbocycles. The summed E-state index contributed by atoms with van der Waals surface area (Å²) < 4.78 is 5.32. The van der Waals surface area contributed by atoms with Gasteiger partial charge >= 0.3 is 5.97 Å². The molecular formula is C21H20O3S. The summed E-state index contributed by atoms with van der Waals surface area (Å²) in [6, 6.07) is 14.2. The van der Waals surface area contributed by atoms with Crippen LogP contribution in [0.5, 0.6) is 5.75 Å². The van der Waals surface area contributed by atoms with Crippen molar-refractivity contribution in [3.63, 3.8) is 0 Å². The summed E-state index contributed by atoms with van der Waals surface area (Å²) in [5.74, 6) is -0.0892. The Morgan fingerprint density at radius 2 is 1.88 bits per heavy atom. The number of methoxy groups -OCH3 is 1. The fourth-order valence-corrected chi connectivity index (χ4v) is 3.54. The molecule has 1 aliphatic rings. The van der Waals surface area contributed by atoms with E-state index in [1.165, 1.54) is 4.90 Å². The zero-order valence-corrected chi connectivity index (χ0v) is 15.3. The van der Waals surface area contributed by atoms with Crippen LogP contribution in [-0.4, -0.2) is 24.4 Å². The summed E-state index contributed by atoms with van der Waals surface area (Å²) in [6.07, 6.45) is 4.19. The minimum absolute atomic E-state index is 0.00868. The molecule has 0 spiro atoms. The van der Waals surface area contributed by atoms with Gasteiger partial charge in [-0.1, -0.05) is 18.2 Å². The number of carboxylic acid groups (broad SMARTS) is 1. The molecule has 1 N–H and O–H groups in total. The van der Waals surface area contributed by atoms with E-state index in [9.17, 15) is 9.90 Å². The van der Waals surface area contributed by atoms with Crippen molar-refractivity contribution in [1.82, 2.24) is 0 Å². The van der Waals surface area contributed by atoms with Gasteiger partial charge in [-0.05, 0) is 76.9 Å². The van der Waals surface area contributed by atoms with Gasteiger partial charge in [-0.2, -0.15) is 0 Å². The zero-order chi connectivity index (χ0) is 18.0. The van der Waals surface area contributed by atoms with Crippen molar-refractivity contribution >= 4 is 35.0 Å². The highest BCUT2D eigenvalue weighted by Gasteiger charge is 2.25. The van der Waals surface area contributed by atoms with Crippen molar-refractivity contribution in [2.24, 2.45) is 0 Å². The molecule has 2 aromatic carbocycles. The van der Waals surface area contributed by atoms with E-state index < -0.39 is 5.97 Å². The lowest BCUT2D eigenvalue weighted by Gasteiger charge is -2.07. The predicted molar refractivity (Wildman–Crippen MR) is 104 cm³/mol. The summed E-state index contributed by atoms with van der Waals surface area (Å²) in [4.78, 5) is 12.5. The lowest BCUT2D eigenvalue weighted by molar-refractivity contribution is -0.135. The van der Waals surface area contributed by atoms with Gasteiger partial charge < -0.3 is 9.84 Å². The largest absolute Gasteiger partial charge is 0.497 e. The number of ether oxygens (including phenoxy) is 1. The van der Waals surface area contributed by atoms with E-state index in [1.807, 2.05) is 25.1 Å². The van der Waals surface area contributed by atoms with Crippen LogP contribution in [0.2, 0.25) is 0 Å². The van der Waals surface area contributed by atoms with Gasteiger partial charge in [-0.25, -0.2) is 0 Å². The third-order valence-corrected chi connectivity index (χ3v) is 5.20. The Bertz CT molecular complexity index is 877. The van der Waals surface area contributed by atoms with Crippen LogP contribution in [-0.2, 0) is 4.79 Å². The molecule has 0 bridgehead atoms. The maximum absolute atomic E-state index is 11.3. The second-order valence-electron chi connectivity index (χ2n) is 5.92. The number of hydrogen-bond donors (Lipinski definition) is 1. The van der Waals surface area contributed by atoms with E-state index in [-0.39, 0.29) is 6.42 Å². The van der Waals surface area contributed by atoms with Gasteiger partial charge in [-0.3, -0.25) is 4.79 Å². The van der Waals surface area contributed by atoms with Crippen molar-refractivity contribution in [2.45, 2.75) is 18.2 Å². The number of rotatable bonds is 5. The van der Waals surface area contributed by atoms with E-state index in [4.69, 9.17) is 4.74 Å². The summed E-state index contributed by atoms with van der Waals surface area (Å²) in [6.45, 7) is 1.99. The van der Waals surface area contributed by atoms with Crippen LogP contribution in [0, 0.1) is 0 Å². The smallest absolute Gasteiger partial charge is 0.307 e. The molecule has 0 saturated heterocycles. The van der Waals surface area contributed by atoms with E-state index in [0.717, 1.165) is 39.2 Å². The van der Waals surface area contributed by atoms with Gasteiger partial charge in [-0.15, -0.1) is 11.8 Å². The molecule has 0 amide bonds. The standard InChI is InChI=1S/C21H20O3S/c1-13-18(10-14-4-7-16(25-3)8-5-14)17-9-6-15(24-2)11-20(17)19(13)12-21(22)23/h4-11H,12H2,1-3H3,(H,22,23). The van der Waals surface area contributed by atoms with Crippen LogP contribution in [0.25, 0.3) is 17.2 Å². The maximum atomic E-state index is 11.3. The van der Waals surface area contributed by atoms with Gasteiger partial charge in [0.15, 0.2) is 0 Å². The molecule has 128 valence electrons. The summed E-state index contributed by atoms with van der Waals surface area (Å²) >= 11 is 1.71. The van der Waals surface area contributed by atoms with Crippen LogP contribution < -0.4 is 4.74 Å². The zero-order valence-electron chi connectivity index (χ0n) is 14.5. The monoisotopic (exact) mass is 352 g/mol. The third kappa shape index (κ3) is 3.49. The van der Waals surface area contributed by atoms with Crippen molar-refractivity contribution in [1.29, 1.82) is 0 Å². The van der Waals surface area contributed by atoms with Crippen LogP contribution in [0.1, 0.15) is 30.0 Å². The van der Waals surface area contributed by atoms with E-state index in [1.54, 1.807) is 18.9 Å². The fraction of sp³-hybridized carbons (Fsp3) is 0.190. The molecule has 3 rings (SSSR count). The first-order valence-corrected chi connectivity index (χ1v) is 9.22. The molecular weight excluding hydrogens is 332 g/mol. The second kappa shape index (κ2) is 7.19. The Morgan fingerprint density at radius 3 is 2.48 bits per heavy atom. The van der Waals surface area contributed by atoms with Crippen molar-refractivity contribution in [3.8, 4) is 5.75 Å². The maximum Gasteiger partial charge on any atom is 0.307 e. The fourth-order valence-electron chi connectivity index (χ4n) is 3.13. The molecule has 0 fully saturated rings. The number of benzene rings is 2. The Labute approximate surface area is 152 Å². The first-order valence-electron chi connectivity index (χ1n) is 8.00. The number of fused-ring (bicyclic) bond motifs is 1. The highest BCUT2D eigenvalue weighted by molar-refractivity contribution is 7.98. The van der Waals surface area contributed by atoms with Gasteiger partial charge in [0.2, 0.25) is 0 Å². The first-order chi connectivity index (χ1) is 12.0. The molecule has 0 aromatic heterocycles. The second-order valence-corrected chi connectivity index (χ2v) is 6.80. The average Bonchev–Trinajstić information content (AvgIpc) is 2.87. The first kappa shape index (κ1) is 17.4. The van der Waals surface area contributed by atoms with E-state index >= 15 is 0 Å². The average molecular weight is 352 g/mol.